The van der Waals surface area contributed by atoms with Crippen LogP contribution < -0.4 is 14.2 Å². The van der Waals surface area contributed by atoms with Crippen LogP contribution in [0.3, 0.4) is 0 Å². The Morgan fingerprint density at radius 3 is 2.17 bits per heavy atom. The number of rotatable bonds is 9. The molecular weight excluding hydrogens is 528 g/mol. The van der Waals surface area contributed by atoms with Gasteiger partial charge < -0.3 is 19.1 Å². The summed E-state index contributed by atoms with van der Waals surface area (Å²) in [4.78, 5) is 15.9. The van der Waals surface area contributed by atoms with Gasteiger partial charge in [-0.15, -0.1) is 0 Å². The summed E-state index contributed by atoms with van der Waals surface area (Å²) in [6.45, 7) is 3.91. The van der Waals surface area contributed by atoms with Crippen molar-refractivity contribution in [1.82, 2.24) is 9.21 Å². The van der Waals surface area contributed by atoms with Crippen molar-refractivity contribution in [2.24, 2.45) is 0 Å². The molecule has 0 saturated carbocycles. The van der Waals surface area contributed by atoms with E-state index >= 15 is 0 Å². The molecule has 8 nitrogen and oxygen atoms in total. The third kappa shape index (κ3) is 5.53. The zero-order chi connectivity index (χ0) is 28.3. The Balaban J connectivity index is 1.44. The van der Waals surface area contributed by atoms with Gasteiger partial charge in [0.05, 0.1) is 25.2 Å². The molecular formula is C31H36N2O6S. The summed E-state index contributed by atoms with van der Waals surface area (Å²) in [5.74, 6) is 1.78. The van der Waals surface area contributed by atoms with Gasteiger partial charge in [-0.3, -0.25) is 4.79 Å². The predicted molar refractivity (Wildman–Crippen MR) is 153 cm³/mol. The molecule has 212 valence electrons. The van der Waals surface area contributed by atoms with E-state index in [2.05, 4.69) is 6.92 Å². The smallest absolute Gasteiger partial charge is 0.254 e. The lowest BCUT2D eigenvalue weighted by Crippen LogP contribution is -2.42. The number of carbonyl (C=O) groups excluding carboxylic acids is 1. The van der Waals surface area contributed by atoms with Crippen molar-refractivity contribution in [3.63, 3.8) is 0 Å². The number of ether oxygens (including phenoxy) is 3. The van der Waals surface area contributed by atoms with Crippen molar-refractivity contribution in [2.45, 2.75) is 43.5 Å². The maximum absolute atomic E-state index is 13.9. The van der Waals surface area contributed by atoms with Gasteiger partial charge in [-0.05, 0) is 90.9 Å². The van der Waals surface area contributed by atoms with Gasteiger partial charge >= 0.3 is 0 Å². The summed E-state index contributed by atoms with van der Waals surface area (Å²) in [5, 5.41) is 0. The van der Waals surface area contributed by atoms with Gasteiger partial charge in [0, 0.05) is 25.2 Å². The molecule has 2 aliphatic heterocycles. The fourth-order valence-corrected chi connectivity index (χ4v) is 6.98. The summed E-state index contributed by atoms with van der Waals surface area (Å²) < 4.78 is 44.8. The monoisotopic (exact) mass is 564 g/mol. The minimum atomic E-state index is -3.55. The van der Waals surface area contributed by atoms with E-state index in [0.29, 0.717) is 43.1 Å². The quantitative estimate of drug-likeness (QED) is 0.369. The van der Waals surface area contributed by atoms with Gasteiger partial charge in [0.1, 0.15) is 12.4 Å². The second-order valence-electron chi connectivity index (χ2n) is 10.1. The SMILES string of the molecule is CCc1ccc(OC[C@H]2c3cc(OC)c(OC)cc3CCN2C(=O)c2ccc(S(=O)(=O)N3CCCC3)cc2)cc1. The maximum Gasteiger partial charge on any atom is 0.254 e. The van der Waals surface area contributed by atoms with Crippen LogP contribution in [0.4, 0.5) is 0 Å². The number of fused-ring (bicyclic) bond motifs is 1. The highest BCUT2D eigenvalue weighted by Crippen LogP contribution is 2.39. The van der Waals surface area contributed by atoms with Gasteiger partial charge in [-0.2, -0.15) is 4.31 Å². The van der Waals surface area contributed by atoms with Crippen molar-refractivity contribution in [2.75, 3.05) is 40.5 Å². The van der Waals surface area contributed by atoms with Crippen molar-refractivity contribution in [3.05, 3.63) is 82.9 Å². The number of hydrogen-bond acceptors (Lipinski definition) is 6. The number of carbonyl (C=O) groups is 1. The highest BCUT2D eigenvalue weighted by Gasteiger charge is 2.34. The van der Waals surface area contributed by atoms with Gasteiger partial charge in [-0.1, -0.05) is 19.1 Å². The Kier molecular flexibility index (Phi) is 8.32. The Hall–Kier alpha value is -3.56. The molecule has 2 aliphatic rings. The molecule has 1 saturated heterocycles. The van der Waals surface area contributed by atoms with Crippen LogP contribution in [-0.2, 0) is 22.9 Å². The number of amides is 1. The van der Waals surface area contributed by atoms with Crippen LogP contribution in [0.1, 0.15) is 52.9 Å². The summed E-state index contributed by atoms with van der Waals surface area (Å²) in [5.41, 5.74) is 3.67. The summed E-state index contributed by atoms with van der Waals surface area (Å²) in [6.07, 6.45) is 3.33. The van der Waals surface area contributed by atoms with E-state index in [0.717, 1.165) is 36.1 Å². The van der Waals surface area contributed by atoms with Crippen LogP contribution in [-0.4, -0.2) is 64.0 Å². The van der Waals surface area contributed by atoms with Crippen LogP contribution in [0.25, 0.3) is 0 Å². The van der Waals surface area contributed by atoms with Gasteiger partial charge in [0.25, 0.3) is 5.91 Å². The molecule has 0 bridgehead atoms. The summed E-state index contributed by atoms with van der Waals surface area (Å²) in [6, 6.07) is 17.8. The number of hydrogen-bond donors (Lipinski definition) is 0. The highest BCUT2D eigenvalue weighted by molar-refractivity contribution is 7.89. The molecule has 1 amide bonds. The van der Waals surface area contributed by atoms with Gasteiger partial charge in [-0.25, -0.2) is 8.42 Å². The highest BCUT2D eigenvalue weighted by atomic mass is 32.2. The lowest BCUT2D eigenvalue weighted by molar-refractivity contribution is 0.0589. The van der Waals surface area contributed by atoms with E-state index in [-0.39, 0.29) is 23.5 Å². The number of nitrogens with zero attached hydrogens (tertiary/aromatic N) is 2. The first-order chi connectivity index (χ1) is 19.3. The van der Waals surface area contributed by atoms with E-state index in [1.165, 1.54) is 22.0 Å². The number of aryl methyl sites for hydroxylation is 1. The molecule has 5 rings (SSSR count). The average Bonchev–Trinajstić information content (AvgIpc) is 3.55. The molecule has 40 heavy (non-hydrogen) atoms. The minimum Gasteiger partial charge on any atom is -0.493 e. The molecule has 0 aliphatic carbocycles. The second-order valence-corrected chi connectivity index (χ2v) is 12.1. The normalized spacial score (nSPS) is 17.4. The third-order valence-electron chi connectivity index (χ3n) is 7.81. The van der Waals surface area contributed by atoms with E-state index in [4.69, 9.17) is 14.2 Å². The molecule has 1 atom stereocenters. The fourth-order valence-electron chi connectivity index (χ4n) is 5.46. The van der Waals surface area contributed by atoms with E-state index < -0.39 is 10.0 Å². The van der Waals surface area contributed by atoms with E-state index in [9.17, 15) is 13.2 Å². The van der Waals surface area contributed by atoms with Crippen LogP contribution >= 0.6 is 0 Å². The van der Waals surface area contributed by atoms with Crippen LogP contribution in [0.5, 0.6) is 17.2 Å². The molecule has 3 aromatic rings. The number of sulfonamides is 1. The molecule has 0 aromatic heterocycles. The summed E-state index contributed by atoms with van der Waals surface area (Å²) >= 11 is 0. The van der Waals surface area contributed by atoms with Crippen LogP contribution in [0.2, 0.25) is 0 Å². The molecule has 0 N–H and O–H groups in total. The second kappa shape index (κ2) is 11.9. The van der Waals surface area contributed by atoms with Crippen molar-refractivity contribution < 1.29 is 27.4 Å². The number of methoxy groups -OCH3 is 2. The van der Waals surface area contributed by atoms with Gasteiger partial charge in [0.15, 0.2) is 11.5 Å². The lowest BCUT2D eigenvalue weighted by atomic mass is 9.91. The zero-order valence-electron chi connectivity index (χ0n) is 23.3. The molecule has 0 radical (unpaired) electrons. The largest absolute Gasteiger partial charge is 0.493 e. The fraction of sp³-hybridized carbons (Fsp3) is 0.387. The maximum atomic E-state index is 13.9. The number of benzene rings is 3. The van der Waals surface area contributed by atoms with Crippen molar-refractivity contribution in [3.8, 4) is 17.2 Å². The Labute approximate surface area is 236 Å². The molecule has 3 aromatic carbocycles. The van der Waals surface area contributed by atoms with Crippen LogP contribution in [0, 0.1) is 0 Å². The topological polar surface area (TPSA) is 85.4 Å². The lowest BCUT2D eigenvalue weighted by Gasteiger charge is -2.37. The first-order valence-electron chi connectivity index (χ1n) is 13.7. The van der Waals surface area contributed by atoms with Crippen molar-refractivity contribution in [1.29, 1.82) is 0 Å². The van der Waals surface area contributed by atoms with E-state index in [1.807, 2.05) is 36.4 Å². The Morgan fingerprint density at radius 2 is 1.55 bits per heavy atom. The predicted octanol–water partition coefficient (Wildman–Crippen LogP) is 4.87. The average molecular weight is 565 g/mol. The Morgan fingerprint density at radius 1 is 0.900 bits per heavy atom. The molecule has 1 fully saturated rings. The molecule has 2 heterocycles. The van der Waals surface area contributed by atoms with Gasteiger partial charge in [0.2, 0.25) is 10.0 Å². The first-order valence-corrected chi connectivity index (χ1v) is 15.2. The standard InChI is InChI=1S/C31H36N2O6S/c1-4-22-7-11-25(12-8-22)39-21-28-27-20-30(38-3)29(37-2)19-24(27)15-18-33(28)31(34)23-9-13-26(14-10-23)40(35,36)32-16-5-6-17-32/h7-14,19-20,28H,4-6,15-18,21H2,1-3H3/t28-/m0/s1. The minimum absolute atomic E-state index is 0.180. The third-order valence-corrected chi connectivity index (χ3v) is 9.72. The van der Waals surface area contributed by atoms with E-state index in [1.54, 1.807) is 31.3 Å². The molecule has 0 spiro atoms. The zero-order valence-corrected chi connectivity index (χ0v) is 24.1. The molecule has 9 heteroatoms. The summed E-state index contributed by atoms with van der Waals surface area (Å²) in [7, 11) is -0.353. The van der Waals surface area contributed by atoms with Crippen molar-refractivity contribution >= 4 is 15.9 Å². The Bertz CT molecular complexity index is 1450. The first kappa shape index (κ1) is 28.0. The van der Waals surface area contributed by atoms with Crippen LogP contribution in [0.15, 0.2) is 65.6 Å². The molecule has 0 unspecified atom stereocenters.